The van der Waals surface area contributed by atoms with Gasteiger partial charge in [-0.1, -0.05) is 18.7 Å². The molecule has 2 aliphatic rings. The van der Waals surface area contributed by atoms with Gasteiger partial charge in [-0.3, -0.25) is 14.3 Å². The van der Waals surface area contributed by atoms with Crippen LogP contribution in [0.1, 0.15) is 31.9 Å². The first-order chi connectivity index (χ1) is 14.2. The smallest absolute Gasteiger partial charge is 0.270 e. The molecule has 1 saturated heterocycles. The Hall–Kier alpha value is -2.13. The SMILES string of the molecule is Cc1ncccc1Sc1c(N)nc(N2CCC3(CC2)C[C@@H](C)[C@H](F)[C@H]3N)n(C)c1=O. The van der Waals surface area contributed by atoms with E-state index >= 15 is 0 Å². The maximum atomic E-state index is 14.4. The highest BCUT2D eigenvalue weighted by Gasteiger charge is 2.51. The van der Waals surface area contributed by atoms with Crippen LogP contribution in [-0.4, -0.2) is 39.8 Å². The number of halogens is 1. The third kappa shape index (κ3) is 3.47. The largest absolute Gasteiger partial charge is 0.382 e. The molecular weight excluding hydrogens is 403 g/mol. The van der Waals surface area contributed by atoms with Crippen molar-refractivity contribution in [3.05, 3.63) is 34.4 Å². The molecule has 4 N–H and O–H groups in total. The van der Waals surface area contributed by atoms with E-state index in [0.717, 1.165) is 29.9 Å². The molecule has 1 aliphatic heterocycles. The number of nitrogens with two attached hydrogens (primary N) is 2. The number of alkyl halides is 1. The fourth-order valence-electron chi connectivity index (χ4n) is 4.92. The monoisotopic (exact) mass is 432 g/mol. The molecule has 4 rings (SSSR count). The number of hydrogen-bond acceptors (Lipinski definition) is 7. The van der Waals surface area contributed by atoms with Crippen LogP contribution in [0.3, 0.4) is 0 Å². The maximum Gasteiger partial charge on any atom is 0.270 e. The van der Waals surface area contributed by atoms with Gasteiger partial charge in [-0.2, -0.15) is 4.98 Å². The molecule has 0 radical (unpaired) electrons. The first-order valence-corrected chi connectivity index (χ1v) is 11.2. The Labute approximate surface area is 180 Å². The van der Waals surface area contributed by atoms with Crippen LogP contribution in [-0.2, 0) is 7.05 Å². The van der Waals surface area contributed by atoms with Crippen molar-refractivity contribution in [2.24, 2.45) is 24.1 Å². The quantitative estimate of drug-likeness (QED) is 0.768. The summed E-state index contributed by atoms with van der Waals surface area (Å²) in [4.78, 5) is 25.2. The minimum atomic E-state index is -0.943. The number of piperidine rings is 1. The molecule has 0 aromatic carbocycles. The zero-order valence-corrected chi connectivity index (χ0v) is 18.5. The maximum absolute atomic E-state index is 14.4. The topological polar surface area (TPSA) is 103 Å². The molecule has 7 nitrogen and oxygen atoms in total. The molecule has 0 bridgehead atoms. The van der Waals surface area contributed by atoms with Crippen molar-refractivity contribution in [3.8, 4) is 0 Å². The van der Waals surface area contributed by atoms with Crippen LogP contribution < -0.4 is 21.9 Å². The second kappa shape index (κ2) is 7.85. The van der Waals surface area contributed by atoms with Crippen LogP contribution in [0, 0.1) is 18.3 Å². The molecule has 9 heteroatoms. The molecule has 1 saturated carbocycles. The predicted octanol–water partition coefficient (Wildman–Crippen LogP) is 2.51. The molecule has 0 amide bonds. The van der Waals surface area contributed by atoms with Crippen molar-refractivity contribution in [2.45, 2.75) is 55.1 Å². The van der Waals surface area contributed by atoms with Crippen LogP contribution in [0.5, 0.6) is 0 Å². The van der Waals surface area contributed by atoms with Gasteiger partial charge in [-0.05, 0) is 49.7 Å². The van der Waals surface area contributed by atoms with E-state index in [1.165, 1.54) is 11.8 Å². The van der Waals surface area contributed by atoms with E-state index in [4.69, 9.17) is 11.5 Å². The first-order valence-electron chi connectivity index (χ1n) is 10.3. The van der Waals surface area contributed by atoms with E-state index in [2.05, 4.69) is 14.9 Å². The number of nitrogens with zero attached hydrogens (tertiary/aromatic N) is 4. The molecule has 2 fully saturated rings. The lowest BCUT2D eigenvalue weighted by Crippen LogP contribution is -2.50. The number of aryl methyl sites for hydroxylation is 1. The number of hydrogen-bond donors (Lipinski definition) is 2. The van der Waals surface area contributed by atoms with Gasteiger partial charge in [0.15, 0.2) is 0 Å². The predicted molar refractivity (Wildman–Crippen MR) is 118 cm³/mol. The number of anilines is 2. The summed E-state index contributed by atoms with van der Waals surface area (Å²) in [6, 6.07) is 3.32. The molecule has 1 aliphatic carbocycles. The Kier molecular flexibility index (Phi) is 5.52. The molecule has 30 heavy (non-hydrogen) atoms. The Bertz CT molecular complexity index is 1000. The van der Waals surface area contributed by atoms with Crippen LogP contribution >= 0.6 is 11.8 Å². The van der Waals surface area contributed by atoms with Crippen molar-refractivity contribution in [1.29, 1.82) is 0 Å². The minimum absolute atomic E-state index is 0.00286. The van der Waals surface area contributed by atoms with Crippen LogP contribution in [0.25, 0.3) is 0 Å². The molecular formula is C21H29FN6OS. The van der Waals surface area contributed by atoms with Crippen molar-refractivity contribution in [2.75, 3.05) is 23.7 Å². The van der Waals surface area contributed by atoms with Gasteiger partial charge in [0.25, 0.3) is 5.56 Å². The van der Waals surface area contributed by atoms with Gasteiger partial charge in [0, 0.05) is 37.3 Å². The van der Waals surface area contributed by atoms with Crippen molar-refractivity contribution < 1.29 is 4.39 Å². The van der Waals surface area contributed by atoms with Gasteiger partial charge in [0.2, 0.25) is 5.95 Å². The zero-order valence-electron chi connectivity index (χ0n) is 17.6. The van der Waals surface area contributed by atoms with Crippen LogP contribution in [0.15, 0.2) is 32.9 Å². The normalized spacial score (nSPS) is 25.8. The van der Waals surface area contributed by atoms with Gasteiger partial charge < -0.3 is 16.4 Å². The molecule has 162 valence electrons. The van der Waals surface area contributed by atoms with E-state index in [0.29, 0.717) is 23.9 Å². The highest BCUT2D eigenvalue weighted by atomic mass is 32.2. The summed E-state index contributed by atoms with van der Waals surface area (Å²) in [6.07, 6.45) is 3.17. The highest BCUT2D eigenvalue weighted by molar-refractivity contribution is 7.99. The van der Waals surface area contributed by atoms with Crippen LogP contribution in [0.4, 0.5) is 16.2 Å². The first kappa shape index (κ1) is 21.1. The van der Waals surface area contributed by atoms with Crippen LogP contribution in [0.2, 0.25) is 0 Å². The fourth-order valence-corrected chi connectivity index (χ4v) is 5.86. The van der Waals surface area contributed by atoms with E-state index in [1.807, 2.05) is 26.0 Å². The summed E-state index contributed by atoms with van der Waals surface area (Å²) < 4.78 is 15.9. The lowest BCUT2D eigenvalue weighted by atomic mass is 9.74. The molecule has 3 atom stereocenters. The second-order valence-electron chi connectivity index (χ2n) is 8.68. The molecule has 1 spiro atoms. The van der Waals surface area contributed by atoms with E-state index < -0.39 is 12.2 Å². The Balaban J connectivity index is 1.57. The average Bonchev–Trinajstić information content (AvgIpc) is 2.93. The lowest BCUT2D eigenvalue weighted by Gasteiger charge is -2.42. The fraction of sp³-hybridized carbons (Fsp3) is 0.571. The Morgan fingerprint density at radius 3 is 2.63 bits per heavy atom. The summed E-state index contributed by atoms with van der Waals surface area (Å²) in [5, 5.41) is 0. The van der Waals surface area contributed by atoms with Gasteiger partial charge in [0.1, 0.15) is 16.9 Å². The summed E-state index contributed by atoms with van der Waals surface area (Å²) >= 11 is 1.29. The standard InChI is InChI=1S/C21H29FN6OS/c1-12-11-21(17(23)15(12)22)6-9-28(10-7-21)20-26-18(24)16(19(29)27(20)3)30-14-5-4-8-25-13(14)2/h4-5,8,12,15,17H,6-7,9-11,23-24H2,1-3H3/t12-,15+,17-/m1/s1. The highest BCUT2D eigenvalue weighted by Crippen LogP contribution is 2.49. The van der Waals surface area contributed by atoms with Gasteiger partial charge in [-0.25, -0.2) is 4.39 Å². The van der Waals surface area contributed by atoms with Gasteiger partial charge >= 0.3 is 0 Å². The summed E-state index contributed by atoms with van der Waals surface area (Å²) in [7, 11) is 1.72. The molecule has 2 aromatic heterocycles. The van der Waals surface area contributed by atoms with Crippen molar-refractivity contribution in [1.82, 2.24) is 14.5 Å². The third-order valence-corrected chi connectivity index (χ3v) is 8.03. The summed E-state index contributed by atoms with van der Waals surface area (Å²) in [6.45, 7) is 5.20. The zero-order chi connectivity index (χ0) is 21.6. The Morgan fingerprint density at radius 1 is 1.33 bits per heavy atom. The van der Waals surface area contributed by atoms with Crippen molar-refractivity contribution in [3.63, 3.8) is 0 Å². The van der Waals surface area contributed by atoms with Gasteiger partial charge in [-0.15, -0.1) is 0 Å². The third-order valence-electron chi connectivity index (χ3n) is 6.79. The Morgan fingerprint density at radius 2 is 2.03 bits per heavy atom. The van der Waals surface area contributed by atoms with E-state index in [1.54, 1.807) is 17.8 Å². The number of rotatable bonds is 3. The molecule has 0 unspecified atom stereocenters. The number of nitrogen functional groups attached to an aromatic ring is 1. The lowest BCUT2D eigenvalue weighted by molar-refractivity contribution is 0.166. The number of aromatic nitrogens is 3. The minimum Gasteiger partial charge on any atom is -0.382 e. The molecule has 2 aromatic rings. The van der Waals surface area contributed by atoms with E-state index in [9.17, 15) is 9.18 Å². The average molecular weight is 433 g/mol. The molecule has 3 heterocycles. The van der Waals surface area contributed by atoms with E-state index in [-0.39, 0.29) is 22.7 Å². The van der Waals surface area contributed by atoms with Gasteiger partial charge in [0.05, 0.1) is 5.69 Å². The second-order valence-corrected chi connectivity index (χ2v) is 9.73. The summed E-state index contributed by atoms with van der Waals surface area (Å²) in [5.74, 6) is 0.768. The number of pyridine rings is 1. The summed E-state index contributed by atoms with van der Waals surface area (Å²) in [5.41, 5.74) is 13.0. The van der Waals surface area contributed by atoms with Crippen molar-refractivity contribution >= 4 is 23.5 Å².